The van der Waals surface area contributed by atoms with Crippen LogP contribution in [0, 0.1) is 11.8 Å². The Bertz CT molecular complexity index is 227. The van der Waals surface area contributed by atoms with Gasteiger partial charge in [0.1, 0.15) is 0 Å². The van der Waals surface area contributed by atoms with Gasteiger partial charge < -0.3 is 4.74 Å². The lowest BCUT2D eigenvalue weighted by molar-refractivity contribution is 0.0105. The van der Waals surface area contributed by atoms with E-state index in [1.54, 1.807) is 31.0 Å². The summed E-state index contributed by atoms with van der Waals surface area (Å²) < 4.78 is 5.92. The molecule has 0 bridgehead atoms. The van der Waals surface area contributed by atoms with Crippen LogP contribution in [0.3, 0.4) is 0 Å². The van der Waals surface area contributed by atoms with Gasteiger partial charge in [0.15, 0.2) is 0 Å². The summed E-state index contributed by atoms with van der Waals surface area (Å²) in [5.41, 5.74) is 0. The van der Waals surface area contributed by atoms with E-state index in [0.717, 1.165) is 18.4 Å². The second-order valence-electron chi connectivity index (χ2n) is 6.98. The minimum absolute atomic E-state index is 0.272. The van der Waals surface area contributed by atoms with E-state index in [9.17, 15) is 0 Å². The summed E-state index contributed by atoms with van der Waals surface area (Å²) in [6.45, 7) is 5.56. The molecular formula is C17H34OSi. The Morgan fingerprint density at radius 2 is 1.47 bits per heavy atom. The van der Waals surface area contributed by atoms with Crippen LogP contribution < -0.4 is 0 Å². The highest BCUT2D eigenvalue weighted by molar-refractivity contribution is 6.58. The highest BCUT2D eigenvalue weighted by Crippen LogP contribution is 2.40. The fraction of sp³-hybridized carbons (Fsp3) is 1.00. The van der Waals surface area contributed by atoms with Crippen molar-refractivity contribution < 1.29 is 4.74 Å². The summed E-state index contributed by atoms with van der Waals surface area (Å²) in [5.74, 6) is 2.14. The highest BCUT2D eigenvalue weighted by Gasteiger charge is 2.31. The molecule has 2 rings (SSSR count). The van der Waals surface area contributed by atoms with Crippen LogP contribution in [-0.2, 0) is 4.74 Å². The number of hydrogen-bond donors (Lipinski definition) is 0. The van der Waals surface area contributed by atoms with E-state index in [4.69, 9.17) is 4.74 Å². The van der Waals surface area contributed by atoms with Crippen LogP contribution in [-0.4, -0.2) is 21.5 Å². The van der Waals surface area contributed by atoms with E-state index in [1.165, 1.54) is 38.5 Å². The van der Waals surface area contributed by atoms with Gasteiger partial charge in [0, 0.05) is 15.4 Å². The number of ether oxygens (including phenoxy) is 1. The summed E-state index contributed by atoms with van der Waals surface area (Å²) in [5, 5.41) is 0. The number of hydrogen-bond acceptors (Lipinski definition) is 1. The first-order chi connectivity index (χ1) is 9.33. The van der Waals surface area contributed by atoms with Crippen molar-refractivity contribution in [3.8, 4) is 0 Å². The van der Waals surface area contributed by atoms with E-state index in [2.05, 4.69) is 13.8 Å². The Morgan fingerprint density at radius 3 is 2.05 bits per heavy atom. The van der Waals surface area contributed by atoms with Gasteiger partial charge >= 0.3 is 0 Å². The van der Waals surface area contributed by atoms with Crippen LogP contribution in [0.1, 0.15) is 65.2 Å². The minimum Gasteiger partial charge on any atom is -0.378 e. The second-order valence-corrected chi connectivity index (χ2v) is 10.4. The van der Waals surface area contributed by atoms with Crippen LogP contribution in [0.15, 0.2) is 0 Å². The van der Waals surface area contributed by atoms with Crippen molar-refractivity contribution >= 4 is 8.80 Å². The maximum atomic E-state index is 5.92. The molecule has 2 aliphatic rings. The lowest BCUT2D eigenvalue weighted by atomic mass is 9.76. The molecule has 1 heterocycles. The summed E-state index contributed by atoms with van der Waals surface area (Å²) in [4.78, 5) is 0. The normalized spacial score (nSPS) is 36.3. The first kappa shape index (κ1) is 15.6. The molecule has 0 atom stereocenters. The molecule has 1 aliphatic carbocycles. The standard InChI is InChI=1S/C17H34OSi/c1-3-11-18-17-7-5-15(6-8-17)16-9-13-19(12-4-2)14-10-16/h15-17,19H,3-14H2,1-2H3/t15-,16-,17-,19-. The third-order valence-corrected chi connectivity index (χ3v) is 9.23. The maximum absolute atomic E-state index is 5.92. The molecule has 1 aliphatic heterocycles. The van der Waals surface area contributed by atoms with E-state index < -0.39 is 0 Å². The third-order valence-electron chi connectivity index (χ3n) is 5.53. The van der Waals surface area contributed by atoms with Gasteiger partial charge in [0.05, 0.1) is 6.10 Å². The van der Waals surface area contributed by atoms with Gasteiger partial charge in [0.25, 0.3) is 0 Å². The molecule has 0 aromatic rings. The molecule has 1 saturated heterocycles. The predicted octanol–water partition coefficient (Wildman–Crippen LogP) is 5.02. The van der Waals surface area contributed by atoms with Crippen LogP contribution >= 0.6 is 0 Å². The molecule has 2 heteroatoms. The van der Waals surface area contributed by atoms with Gasteiger partial charge in [-0.15, -0.1) is 0 Å². The monoisotopic (exact) mass is 282 g/mol. The van der Waals surface area contributed by atoms with Crippen LogP contribution in [0.25, 0.3) is 0 Å². The maximum Gasteiger partial charge on any atom is 0.0575 e. The van der Waals surface area contributed by atoms with Gasteiger partial charge in [-0.1, -0.05) is 51.2 Å². The first-order valence-corrected chi connectivity index (χ1v) is 11.4. The topological polar surface area (TPSA) is 9.23 Å². The van der Waals surface area contributed by atoms with Gasteiger partial charge in [-0.25, -0.2) is 0 Å². The average molecular weight is 283 g/mol. The Hall–Kier alpha value is 0.177. The van der Waals surface area contributed by atoms with Crippen molar-refractivity contribution in [2.24, 2.45) is 11.8 Å². The van der Waals surface area contributed by atoms with Gasteiger partial charge in [-0.3, -0.25) is 0 Å². The molecule has 0 amide bonds. The first-order valence-electron chi connectivity index (χ1n) is 8.95. The molecule has 0 unspecified atom stereocenters. The quantitative estimate of drug-likeness (QED) is 0.622. The summed E-state index contributed by atoms with van der Waals surface area (Å²) >= 11 is 0. The largest absolute Gasteiger partial charge is 0.378 e. The van der Waals surface area contributed by atoms with Crippen LogP contribution in [0.2, 0.25) is 18.1 Å². The summed E-state index contributed by atoms with van der Waals surface area (Å²) in [7, 11) is -0.272. The zero-order chi connectivity index (χ0) is 13.5. The molecule has 0 radical (unpaired) electrons. The lowest BCUT2D eigenvalue weighted by Crippen LogP contribution is -2.30. The molecule has 0 aromatic carbocycles. The van der Waals surface area contributed by atoms with Crippen molar-refractivity contribution in [2.45, 2.75) is 89.5 Å². The second kappa shape index (κ2) is 8.46. The fourth-order valence-corrected chi connectivity index (χ4v) is 7.85. The van der Waals surface area contributed by atoms with Crippen molar-refractivity contribution in [3.63, 3.8) is 0 Å². The van der Waals surface area contributed by atoms with Crippen molar-refractivity contribution in [2.75, 3.05) is 6.61 Å². The van der Waals surface area contributed by atoms with E-state index >= 15 is 0 Å². The van der Waals surface area contributed by atoms with Crippen LogP contribution in [0.4, 0.5) is 0 Å². The SMILES string of the molecule is CCCO[C@H]1CC[C@H]([C@H]2CC[Si@H](CCC)CC2)CC1. The van der Waals surface area contributed by atoms with Crippen LogP contribution in [0.5, 0.6) is 0 Å². The minimum atomic E-state index is -0.272. The van der Waals surface area contributed by atoms with E-state index in [1.807, 2.05) is 0 Å². The Kier molecular flexibility index (Phi) is 6.93. The summed E-state index contributed by atoms with van der Waals surface area (Å²) in [6.07, 6.45) is 12.0. The zero-order valence-corrected chi connectivity index (χ0v) is 14.4. The Morgan fingerprint density at radius 1 is 0.842 bits per heavy atom. The molecule has 1 nitrogen and oxygen atoms in total. The molecule has 0 aromatic heterocycles. The molecule has 112 valence electrons. The molecule has 2 fully saturated rings. The number of rotatable bonds is 6. The molecular weight excluding hydrogens is 248 g/mol. The Labute approximate surface area is 122 Å². The molecule has 1 saturated carbocycles. The molecule has 19 heavy (non-hydrogen) atoms. The van der Waals surface area contributed by atoms with Crippen molar-refractivity contribution in [1.82, 2.24) is 0 Å². The Balaban J connectivity index is 1.65. The van der Waals surface area contributed by atoms with Gasteiger partial charge in [-0.2, -0.15) is 0 Å². The van der Waals surface area contributed by atoms with E-state index in [0.29, 0.717) is 6.10 Å². The van der Waals surface area contributed by atoms with Gasteiger partial charge in [-0.05, 0) is 43.9 Å². The third kappa shape index (κ3) is 4.89. The van der Waals surface area contributed by atoms with E-state index in [-0.39, 0.29) is 8.80 Å². The molecule has 0 N–H and O–H groups in total. The smallest absolute Gasteiger partial charge is 0.0575 e. The summed E-state index contributed by atoms with van der Waals surface area (Å²) in [6, 6.07) is 4.93. The fourth-order valence-electron chi connectivity index (χ4n) is 4.37. The van der Waals surface area contributed by atoms with Gasteiger partial charge in [0.2, 0.25) is 0 Å². The highest BCUT2D eigenvalue weighted by atomic mass is 28.3. The zero-order valence-electron chi connectivity index (χ0n) is 13.2. The predicted molar refractivity (Wildman–Crippen MR) is 86.6 cm³/mol. The molecule has 0 spiro atoms. The average Bonchev–Trinajstić information content (AvgIpc) is 2.47. The van der Waals surface area contributed by atoms with Crippen molar-refractivity contribution in [3.05, 3.63) is 0 Å². The lowest BCUT2D eigenvalue weighted by Gasteiger charge is -2.37. The van der Waals surface area contributed by atoms with Crippen molar-refractivity contribution in [1.29, 1.82) is 0 Å².